The minimum atomic E-state index is -4.38. The summed E-state index contributed by atoms with van der Waals surface area (Å²) in [6.45, 7) is 1.57. The molecule has 1 aromatic rings. The summed E-state index contributed by atoms with van der Waals surface area (Å²) >= 11 is 1.16. The summed E-state index contributed by atoms with van der Waals surface area (Å²) in [6.07, 6.45) is -3.61. The number of aromatic nitrogens is 1. The number of nitrogens with two attached hydrogens (primary N) is 1. The fraction of sp³-hybridized carbons (Fsp3) is 0.500. The van der Waals surface area contributed by atoms with Crippen molar-refractivity contribution in [3.63, 3.8) is 0 Å². The summed E-state index contributed by atoms with van der Waals surface area (Å²) in [4.78, 5) is 3.69. The Hall–Kier alpha value is -0.790. The summed E-state index contributed by atoms with van der Waals surface area (Å²) in [7, 11) is 0. The van der Waals surface area contributed by atoms with Crippen LogP contribution in [0.15, 0.2) is 23.4 Å². The average molecular weight is 266 g/mol. The van der Waals surface area contributed by atoms with Crippen LogP contribution in [0.3, 0.4) is 0 Å². The smallest absolute Gasteiger partial charge is 0.395 e. The zero-order valence-corrected chi connectivity index (χ0v) is 9.92. The van der Waals surface area contributed by atoms with Gasteiger partial charge in [0, 0.05) is 17.5 Å². The van der Waals surface area contributed by atoms with E-state index in [0.717, 1.165) is 24.0 Å². The topological polar surface area (TPSA) is 59.1 Å². The van der Waals surface area contributed by atoms with E-state index in [0.29, 0.717) is 5.03 Å². The molecular weight excluding hydrogens is 253 g/mol. The fourth-order valence-corrected chi connectivity index (χ4v) is 1.94. The molecule has 2 atom stereocenters. The highest BCUT2D eigenvalue weighted by atomic mass is 32.2. The standard InChI is InChI=1S/C10H13F3N2OS/c1-6(14)8(5-16)17-9-3-2-7(4-15-9)10(11,12)13/h2-4,6,8,16H,5,14H2,1H3. The third-order valence-electron chi connectivity index (χ3n) is 2.10. The quantitative estimate of drug-likeness (QED) is 0.817. The maximum atomic E-state index is 12.3. The number of aliphatic hydroxyl groups is 1. The van der Waals surface area contributed by atoms with E-state index in [1.54, 1.807) is 6.92 Å². The molecule has 0 saturated carbocycles. The summed E-state index contributed by atoms with van der Waals surface area (Å²) in [5.74, 6) is 0. The Balaban J connectivity index is 2.75. The minimum absolute atomic E-state index is 0.148. The van der Waals surface area contributed by atoms with Crippen LogP contribution >= 0.6 is 11.8 Å². The Labute approximate surface area is 101 Å². The Morgan fingerprint density at radius 3 is 2.47 bits per heavy atom. The van der Waals surface area contributed by atoms with Crippen LogP contribution in [0.1, 0.15) is 12.5 Å². The number of aliphatic hydroxyl groups excluding tert-OH is 1. The van der Waals surface area contributed by atoms with E-state index >= 15 is 0 Å². The van der Waals surface area contributed by atoms with Crippen molar-refractivity contribution in [1.29, 1.82) is 0 Å². The molecule has 1 aromatic heterocycles. The number of nitrogens with zero attached hydrogens (tertiary/aromatic N) is 1. The second-order valence-corrected chi connectivity index (χ2v) is 4.84. The van der Waals surface area contributed by atoms with Gasteiger partial charge in [0.1, 0.15) is 0 Å². The van der Waals surface area contributed by atoms with Gasteiger partial charge in [-0.25, -0.2) is 4.98 Å². The first-order valence-electron chi connectivity index (χ1n) is 4.91. The van der Waals surface area contributed by atoms with Crippen molar-refractivity contribution >= 4 is 11.8 Å². The lowest BCUT2D eigenvalue weighted by molar-refractivity contribution is -0.137. The Morgan fingerprint density at radius 2 is 2.12 bits per heavy atom. The number of halogens is 3. The van der Waals surface area contributed by atoms with E-state index in [1.807, 2.05) is 0 Å². The van der Waals surface area contributed by atoms with E-state index in [-0.39, 0.29) is 17.9 Å². The van der Waals surface area contributed by atoms with E-state index in [1.165, 1.54) is 6.07 Å². The van der Waals surface area contributed by atoms with Gasteiger partial charge in [0.05, 0.1) is 17.2 Å². The van der Waals surface area contributed by atoms with Gasteiger partial charge in [0.2, 0.25) is 0 Å². The summed E-state index contributed by atoms with van der Waals surface area (Å²) < 4.78 is 36.8. The highest BCUT2D eigenvalue weighted by Crippen LogP contribution is 2.30. The number of hydrogen-bond acceptors (Lipinski definition) is 4. The first-order valence-corrected chi connectivity index (χ1v) is 5.79. The van der Waals surface area contributed by atoms with E-state index < -0.39 is 11.7 Å². The predicted molar refractivity (Wildman–Crippen MR) is 59.6 cm³/mol. The molecule has 0 aromatic carbocycles. The van der Waals surface area contributed by atoms with Crippen molar-refractivity contribution in [3.8, 4) is 0 Å². The van der Waals surface area contributed by atoms with Crippen molar-refractivity contribution in [1.82, 2.24) is 4.98 Å². The molecule has 3 nitrogen and oxygen atoms in total. The van der Waals surface area contributed by atoms with Gasteiger partial charge in [-0.3, -0.25) is 0 Å². The Morgan fingerprint density at radius 1 is 1.47 bits per heavy atom. The third kappa shape index (κ3) is 4.18. The van der Waals surface area contributed by atoms with E-state index in [2.05, 4.69) is 4.98 Å². The zero-order valence-electron chi connectivity index (χ0n) is 9.11. The summed E-state index contributed by atoms with van der Waals surface area (Å²) in [5, 5.41) is 9.17. The minimum Gasteiger partial charge on any atom is -0.395 e. The molecule has 7 heteroatoms. The SMILES string of the molecule is CC(N)C(CO)Sc1ccc(C(F)(F)F)cn1. The van der Waals surface area contributed by atoms with E-state index in [9.17, 15) is 13.2 Å². The second kappa shape index (κ2) is 5.70. The maximum Gasteiger partial charge on any atom is 0.417 e. The Kier molecular flexibility index (Phi) is 4.79. The zero-order chi connectivity index (χ0) is 13.1. The van der Waals surface area contributed by atoms with Crippen LogP contribution in [0.5, 0.6) is 0 Å². The van der Waals surface area contributed by atoms with Crippen LogP contribution in [0.4, 0.5) is 13.2 Å². The molecule has 0 saturated heterocycles. The van der Waals surface area contributed by atoms with Crippen molar-refractivity contribution in [2.75, 3.05) is 6.61 Å². The van der Waals surface area contributed by atoms with Crippen LogP contribution in [0.2, 0.25) is 0 Å². The van der Waals surface area contributed by atoms with Gasteiger partial charge >= 0.3 is 6.18 Å². The van der Waals surface area contributed by atoms with Crippen molar-refractivity contribution in [2.45, 2.75) is 29.4 Å². The molecule has 17 heavy (non-hydrogen) atoms. The van der Waals surface area contributed by atoms with Crippen LogP contribution in [-0.4, -0.2) is 28.0 Å². The molecular formula is C10H13F3N2OS. The molecule has 0 amide bonds. The van der Waals surface area contributed by atoms with Crippen LogP contribution < -0.4 is 5.73 Å². The molecule has 2 unspecified atom stereocenters. The molecule has 0 aliphatic rings. The Bertz CT molecular complexity index is 354. The maximum absolute atomic E-state index is 12.3. The molecule has 1 heterocycles. The first-order chi connectivity index (χ1) is 7.84. The average Bonchev–Trinajstić information content (AvgIpc) is 2.25. The van der Waals surface area contributed by atoms with Crippen molar-refractivity contribution < 1.29 is 18.3 Å². The predicted octanol–water partition coefficient (Wildman–Crippen LogP) is 1.90. The van der Waals surface area contributed by atoms with Gasteiger partial charge in [0.25, 0.3) is 0 Å². The molecule has 0 fully saturated rings. The lowest BCUT2D eigenvalue weighted by Crippen LogP contribution is -2.31. The molecule has 0 radical (unpaired) electrons. The highest BCUT2D eigenvalue weighted by molar-refractivity contribution is 7.99. The van der Waals surface area contributed by atoms with Gasteiger partial charge in [-0.2, -0.15) is 13.2 Å². The monoisotopic (exact) mass is 266 g/mol. The largest absolute Gasteiger partial charge is 0.417 e. The second-order valence-electron chi connectivity index (χ2n) is 3.58. The lowest BCUT2D eigenvalue weighted by Gasteiger charge is -2.17. The first kappa shape index (κ1) is 14.3. The molecule has 0 aliphatic heterocycles. The fourth-order valence-electron chi connectivity index (χ4n) is 1.08. The van der Waals surface area contributed by atoms with Crippen LogP contribution in [-0.2, 0) is 6.18 Å². The number of thioether (sulfide) groups is 1. The van der Waals surface area contributed by atoms with Crippen molar-refractivity contribution in [2.24, 2.45) is 5.73 Å². The normalized spacial score (nSPS) is 15.6. The number of hydrogen-bond donors (Lipinski definition) is 2. The van der Waals surface area contributed by atoms with Gasteiger partial charge in [0.15, 0.2) is 0 Å². The summed E-state index contributed by atoms with van der Waals surface area (Å²) in [5.41, 5.74) is 4.82. The van der Waals surface area contributed by atoms with Crippen LogP contribution in [0.25, 0.3) is 0 Å². The number of rotatable bonds is 4. The van der Waals surface area contributed by atoms with E-state index in [4.69, 9.17) is 10.8 Å². The molecule has 96 valence electrons. The number of alkyl halides is 3. The van der Waals surface area contributed by atoms with Gasteiger partial charge in [-0.05, 0) is 19.1 Å². The molecule has 1 rings (SSSR count). The van der Waals surface area contributed by atoms with Crippen molar-refractivity contribution in [3.05, 3.63) is 23.9 Å². The van der Waals surface area contributed by atoms with Gasteiger partial charge in [-0.15, -0.1) is 0 Å². The molecule has 0 aliphatic carbocycles. The lowest BCUT2D eigenvalue weighted by atomic mass is 10.3. The molecule has 0 spiro atoms. The van der Waals surface area contributed by atoms with Gasteiger partial charge < -0.3 is 10.8 Å². The highest BCUT2D eigenvalue weighted by Gasteiger charge is 2.30. The molecule has 3 N–H and O–H groups in total. The van der Waals surface area contributed by atoms with Crippen LogP contribution in [0, 0.1) is 0 Å². The molecule has 0 bridgehead atoms. The third-order valence-corrected chi connectivity index (χ3v) is 3.47. The van der Waals surface area contributed by atoms with Gasteiger partial charge in [-0.1, -0.05) is 11.8 Å². The number of pyridine rings is 1. The summed E-state index contributed by atoms with van der Waals surface area (Å²) in [6, 6.07) is 1.97.